The number of anilines is 1. The van der Waals surface area contributed by atoms with E-state index in [4.69, 9.17) is 10.5 Å². The largest absolute Gasteiger partial charge is 0.487 e. The molecule has 0 bridgehead atoms. The molecule has 0 aliphatic carbocycles. The molecule has 4 heteroatoms. The van der Waals surface area contributed by atoms with Crippen molar-refractivity contribution in [3.63, 3.8) is 0 Å². The topological polar surface area (TPSA) is 61.0 Å². The van der Waals surface area contributed by atoms with Crippen molar-refractivity contribution in [3.05, 3.63) is 46.9 Å². The van der Waals surface area contributed by atoms with E-state index in [1.165, 1.54) is 11.8 Å². The highest BCUT2D eigenvalue weighted by molar-refractivity contribution is 5.43. The average molecular weight is 243 g/mol. The number of hydrogen-bond acceptors (Lipinski definition) is 4. The molecule has 0 spiro atoms. The Balaban J connectivity index is 2.13. The van der Waals surface area contributed by atoms with Crippen LogP contribution in [0.5, 0.6) is 5.75 Å². The Bertz CT molecular complexity index is 526. The van der Waals surface area contributed by atoms with Crippen LogP contribution >= 0.6 is 0 Å². The van der Waals surface area contributed by atoms with Gasteiger partial charge in [0, 0.05) is 0 Å². The van der Waals surface area contributed by atoms with Gasteiger partial charge in [0.2, 0.25) is 0 Å². The zero-order valence-electron chi connectivity index (χ0n) is 10.9. The number of ether oxygens (including phenoxy) is 1. The molecule has 94 valence electrons. The fourth-order valence-corrected chi connectivity index (χ4v) is 1.98. The summed E-state index contributed by atoms with van der Waals surface area (Å²) in [4.78, 5) is 8.14. The van der Waals surface area contributed by atoms with Crippen molar-refractivity contribution >= 4 is 5.82 Å². The first-order valence-electron chi connectivity index (χ1n) is 5.83. The molecule has 0 aliphatic rings. The van der Waals surface area contributed by atoms with Gasteiger partial charge in [-0.2, -0.15) is 0 Å². The SMILES string of the molecule is Cc1cc(C)c(OCc2cnc(N)cn2)c(C)c1. The van der Waals surface area contributed by atoms with Gasteiger partial charge < -0.3 is 10.5 Å². The molecule has 0 radical (unpaired) electrons. The first kappa shape index (κ1) is 12.4. The summed E-state index contributed by atoms with van der Waals surface area (Å²) in [5.74, 6) is 1.33. The second-order valence-electron chi connectivity index (χ2n) is 4.45. The standard InChI is InChI=1S/C14H17N3O/c1-9-4-10(2)14(11(3)5-9)18-8-12-6-17-13(15)7-16-12/h4-7H,8H2,1-3H3,(H2,15,17). The molecule has 1 heterocycles. The fraction of sp³-hybridized carbons (Fsp3) is 0.286. The maximum atomic E-state index is 5.81. The molecule has 0 aliphatic heterocycles. The zero-order valence-corrected chi connectivity index (χ0v) is 10.9. The van der Waals surface area contributed by atoms with Gasteiger partial charge in [-0.25, -0.2) is 4.98 Å². The third-order valence-electron chi connectivity index (χ3n) is 2.69. The molecule has 2 rings (SSSR count). The fourth-order valence-electron chi connectivity index (χ4n) is 1.98. The van der Waals surface area contributed by atoms with Crippen molar-refractivity contribution in [2.45, 2.75) is 27.4 Å². The minimum atomic E-state index is 0.401. The number of aryl methyl sites for hydroxylation is 3. The highest BCUT2D eigenvalue weighted by Gasteiger charge is 2.06. The Morgan fingerprint density at radius 1 is 1.06 bits per heavy atom. The Morgan fingerprint density at radius 3 is 2.28 bits per heavy atom. The number of nitrogens with zero attached hydrogens (tertiary/aromatic N) is 2. The second-order valence-corrected chi connectivity index (χ2v) is 4.45. The van der Waals surface area contributed by atoms with Gasteiger partial charge in [-0.15, -0.1) is 0 Å². The summed E-state index contributed by atoms with van der Waals surface area (Å²) in [7, 11) is 0. The van der Waals surface area contributed by atoms with Crippen LogP contribution < -0.4 is 10.5 Å². The predicted molar refractivity (Wildman–Crippen MR) is 71.4 cm³/mol. The van der Waals surface area contributed by atoms with E-state index < -0.39 is 0 Å². The normalized spacial score (nSPS) is 10.4. The van der Waals surface area contributed by atoms with Crippen LogP contribution in [0.1, 0.15) is 22.4 Å². The van der Waals surface area contributed by atoms with Gasteiger partial charge in [0.25, 0.3) is 0 Å². The van der Waals surface area contributed by atoms with Crippen LogP contribution in [0.15, 0.2) is 24.5 Å². The second kappa shape index (κ2) is 5.04. The molecule has 2 N–H and O–H groups in total. The lowest BCUT2D eigenvalue weighted by Crippen LogP contribution is -2.03. The zero-order chi connectivity index (χ0) is 13.1. The smallest absolute Gasteiger partial charge is 0.141 e. The van der Waals surface area contributed by atoms with Gasteiger partial charge in [-0.1, -0.05) is 17.7 Å². The van der Waals surface area contributed by atoms with E-state index in [1.807, 2.05) is 13.8 Å². The third-order valence-corrected chi connectivity index (χ3v) is 2.69. The molecule has 1 aromatic carbocycles. The van der Waals surface area contributed by atoms with Crippen LogP contribution in [0.3, 0.4) is 0 Å². The number of rotatable bonds is 3. The molecule has 0 saturated carbocycles. The third kappa shape index (κ3) is 2.77. The Kier molecular flexibility index (Phi) is 3.46. The van der Waals surface area contributed by atoms with E-state index in [0.717, 1.165) is 22.6 Å². The number of nitrogens with two attached hydrogens (primary N) is 1. The van der Waals surface area contributed by atoms with Crippen molar-refractivity contribution in [2.75, 3.05) is 5.73 Å². The lowest BCUT2D eigenvalue weighted by molar-refractivity contribution is 0.296. The van der Waals surface area contributed by atoms with E-state index in [9.17, 15) is 0 Å². The molecule has 0 atom stereocenters. The molecule has 0 amide bonds. The van der Waals surface area contributed by atoms with Crippen molar-refractivity contribution in [2.24, 2.45) is 0 Å². The van der Waals surface area contributed by atoms with E-state index in [-0.39, 0.29) is 0 Å². The van der Waals surface area contributed by atoms with Gasteiger partial charge in [0.05, 0.1) is 18.1 Å². The average Bonchev–Trinajstić information content (AvgIpc) is 2.30. The molecule has 1 aromatic heterocycles. The van der Waals surface area contributed by atoms with Crippen LogP contribution in [0.25, 0.3) is 0 Å². The maximum absolute atomic E-state index is 5.81. The molecule has 0 saturated heterocycles. The molecular formula is C14H17N3O. The summed E-state index contributed by atoms with van der Waals surface area (Å²) in [6.07, 6.45) is 3.17. The summed E-state index contributed by atoms with van der Waals surface area (Å²) >= 11 is 0. The van der Waals surface area contributed by atoms with E-state index in [1.54, 1.807) is 6.20 Å². The Hall–Kier alpha value is -2.10. The van der Waals surface area contributed by atoms with Crippen molar-refractivity contribution < 1.29 is 4.74 Å². The first-order chi connectivity index (χ1) is 8.56. The molecular weight excluding hydrogens is 226 g/mol. The first-order valence-corrected chi connectivity index (χ1v) is 5.83. The van der Waals surface area contributed by atoms with Gasteiger partial charge >= 0.3 is 0 Å². The summed E-state index contributed by atoms with van der Waals surface area (Å²) in [5, 5.41) is 0. The number of hydrogen-bond donors (Lipinski definition) is 1. The molecule has 4 nitrogen and oxygen atoms in total. The monoisotopic (exact) mass is 243 g/mol. The van der Waals surface area contributed by atoms with Gasteiger partial charge in [-0.05, 0) is 31.9 Å². The number of nitrogen functional groups attached to an aromatic ring is 1. The highest BCUT2D eigenvalue weighted by Crippen LogP contribution is 2.25. The molecule has 18 heavy (non-hydrogen) atoms. The van der Waals surface area contributed by atoms with E-state index in [0.29, 0.717) is 12.4 Å². The summed E-state index contributed by atoms with van der Waals surface area (Å²) < 4.78 is 5.81. The van der Waals surface area contributed by atoms with E-state index in [2.05, 4.69) is 29.0 Å². The summed E-state index contributed by atoms with van der Waals surface area (Å²) in [6.45, 7) is 6.57. The van der Waals surface area contributed by atoms with Gasteiger partial charge in [-0.3, -0.25) is 4.98 Å². The van der Waals surface area contributed by atoms with Crippen molar-refractivity contribution in [1.82, 2.24) is 9.97 Å². The molecule has 2 aromatic rings. The lowest BCUT2D eigenvalue weighted by Gasteiger charge is -2.12. The van der Waals surface area contributed by atoms with Crippen LogP contribution in [0, 0.1) is 20.8 Å². The Labute approximate surface area is 107 Å². The summed E-state index contributed by atoms with van der Waals surface area (Å²) in [6, 6.07) is 4.22. The van der Waals surface area contributed by atoms with Gasteiger partial charge in [0.1, 0.15) is 18.2 Å². The van der Waals surface area contributed by atoms with E-state index >= 15 is 0 Å². The Morgan fingerprint density at radius 2 is 1.72 bits per heavy atom. The highest BCUT2D eigenvalue weighted by atomic mass is 16.5. The predicted octanol–water partition coefficient (Wildman–Crippen LogP) is 2.56. The van der Waals surface area contributed by atoms with Crippen molar-refractivity contribution in [3.8, 4) is 5.75 Å². The minimum Gasteiger partial charge on any atom is -0.487 e. The van der Waals surface area contributed by atoms with Crippen LogP contribution in [0.2, 0.25) is 0 Å². The summed E-state index contributed by atoms with van der Waals surface area (Å²) in [5.41, 5.74) is 9.76. The number of benzene rings is 1. The quantitative estimate of drug-likeness (QED) is 0.900. The molecule has 0 unspecified atom stereocenters. The minimum absolute atomic E-state index is 0.401. The maximum Gasteiger partial charge on any atom is 0.141 e. The van der Waals surface area contributed by atoms with Crippen LogP contribution in [-0.2, 0) is 6.61 Å². The van der Waals surface area contributed by atoms with Crippen LogP contribution in [0.4, 0.5) is 5.82 Å². The molecule has 0 fully saturated rings. The lowest BCUT2D eigenvalue weighted by atomic mass is 10.1. The van der Waals surface area contributed by atoms with Crippen LogP contribution in [-0.4, -0.2) is 9.97 Å². The van der Waals surface area contributed by atoms with Gasteiger partial charge in [0.15, 0.2) is 0 Å². The number of aromatic nitrogens is 2. The van der Waals surface area contributed by atoms with Crippen molar-refractivity contribution in [1.29, 1.82) is 0 Å².